The molecule has 158 valence electrons. The van der Waals surface area contributed by atoms with Crippen molar-refractivity contribution in [3.8, 4) is 0 Å². The molecule has 0 fully saturated rings. The van der Waals surface area contributed by atoms with Gasteiger partial charge in [-0.3, -0.25) is 9.69 Å². The Labute approximate surface area is 169 Å². The van der Waals surface area contributed by atoms with Gasteiger partial charge >= 0.3 is 5.97 Å². The summed E-state index contributed by atoms with van der Waals surface area (Å²) in [4.78, 5) is 26.5. The van der Waals surface area contributed by atoms with Gasteiger partial charge in [0.1, 0.15) is 0 Å². The molecule has 1 amide bonds. The van der Waals surface area contributed by atoms with Gasteiger partial charge in [-0.05, 0) is 25.8 Å². The van der Waals surface area contributed by atoms with E-state index < -0.39 is 0 Å². The van der Waals surface area contributed by atoms with Crippen LogP contribution in [0, 0.1) is 0 Å². The zero-order valence-corrected chi connectivity index (χ0v) is 17.8. The van der Waals surface area contributed by atoms with Crippen LogP contribution in [0.15, 0.2) is 37.0 Å². The van der Waals surface area contributed by atoms with E-state index in [1.807, 2.05) is 18.2 Å². The minimum atomic E-state index is -0.353. The molecule has 0 spiro atoms. The van der Waals surface area contributed by atoms with E-state index in [1.54, 1.807) is 6.92 Å². The molecule has 1 aliphatic rings. The van der Waals surface area contributed by atoms with Crippen LogP contribution in [0.4, 0.5) is 0 Å². The van der Waals surface area contributed by atoms with Gasteiger partial charge in [0, 0.05) is 32.0 Å². The average molecular weight is 393 g/mol. The predicted octanol–water partition coefficient (Wildman–Crippen LogP) is 3.00. The molecular formula is C22H36N2O4. The Balaban J connectivity index is 3.36. The van der Waals surface area contributed by atoms with E-state index in [0.29, 0.717) is 31.7 Å². The van der Waals surface area contributed by atoms with Gasteiger partial charge in [0.2, 0.25) is 5.91 Å². The van der Waals surface area contributed by atoms with Crippen LogP contribution in [0.25, 0.3) is 0 Å². The number of amides is 1. The Kier molecular flexibility index (Phi) is 10.8. The summed E-state index contributed by atoms with van der Waals surface area (Å²) in [5.41, 5.74) is 0.546. The topological polar surface area (TPSA) is 67.9 Å². The van der Waals surface area contributed by atoms with E-state index in [1.165, 1.54) is 6.92 Å². The Morgan fingerprint density at radius 2 is 1.86 bits per heavy atom. The molecule has 3 atom stereocenters. The lowest BCUT2D eigenvalue weighted by molar-refractivity contribution is -0.139. The number of nitrogens with one attached hydrogen (secondary N) is 1. The van der Waals surface area contributed by atoms with Gasteiger partial charge in [0.15, 0.2) is 0 Å². The van der Waals surface area contributed by atoms with Crippen molar-refractivity contribution in [1.82, 2.24) is 10.2 Å². The SMILES string of the molecule is C=CCN(CC=C)[C@@H]1[C@@H](NC(C)=O)CC(C(=O)OCC)=C[C@H]1OC(CC)CC. The molecule has 0 saturated carbocycles. The molecule has 0 aliphatic heterocycles. The molecule has 0 unspecified atom stereocenters. The first-order chi connectivity index (χ1) is 13.4. The maximum absolute atomic E-state index is 12.4. The molecule has 0 aromatic rings. The summed E-state index contributed by atoms with van der Waals surface area (Å²) in [7, 11) is 0. The second-order valence-corrected chi connectivity index (χ2v) is 6.98. The fourth-order valence-corrected chi connectivity index (χ4v) is 3.66. The van der Waals surface area contributed by atoms with Crippen LogP contribution < -0.4 is 5.32 Å². The average Bonchev–Trinajstić information content (AvgIpc) is 2.65. The fourth-order valence-electron chi connectivity index (χ4n) is 3.66. The Bertz CT molecular complexity index is 559. The third-order valence-corrected chi connectivity index (χ3v) is 4.89. The van der Waals surface area contributed by atoms with E-state index in [2.05, 4.69) is 37.2 Å². The van der Waals surface area contributed by atoms with Crippen LogP contribution in [0.1, 0.15) is 47.0 Å². The van der Waals surface area contributed by atoms with Gasteiger partial charge < -0.3 is 14.8 Å². The first-order valence-electron chi connectivity index (χ1n) is 10.2. The first kappa shape index (κ1) is 24.1. The molecule has 6 nitrogen and oxygen atoms in total. The van der Waals surface area contributed by atoms with Gasteiger partial charge in [0.25, 0.3) is 0 Å². The number of hydrogen-bond donors (Lipinski definition) is 1. The Morgan fingerprint density at radius 1 is 1.25 bits per heavy atom. The van der Waals surface area contributed by atoms with Crippen LogP contribution in [-0.2, 0) is 19.1 Å². The molecule has 0 aromatic heterocycles. The summed E-state index contributed by atoms with van der Waals surface area (Å²) >= 11 is 0. The summed E-state index contributed by atoms with van der Waals surface area (Å²) < 4.78 is 11.6. The van der Waals surface area contributed by atoms with Crippen molar-refractivity contribution in [2.75, 3.05) is 19.7 Å². The number of carbonyl (C=O) groups excluding carboxylic acids is 2. The van der Waals surface area contributed by atoms with Crippen molar-refractivity contribution >= 4 is 11.9 Å². The third kappa shape index (κ3) is 6.91. The van der Waals surface area contributed by atoms with Gasteiger partial charge in [-0.25, -0.2) is 4.79 Å². The quantitative estimate of drug-likeness (QED) is 0.408. The van der Waals surface area contributed by atoms with E-state index in [4.69, 9.17) is 9.47 Å². The molecule has 6 heteroatoms. The highest BCUT2D eigenvalue weighted by Gasteiger charge is 2.40. The normalized spacial score (nSPS) is 21.9. The third-order valence-electron chi connectivity index (χ3n) is 4.89. The zero-order valence-electron chi connectivity index (χ0n) is 17.8. The van der Waals surface area contributed by atoms with Crippen LogP contribution in [0.3, 0.4) is 0 Å². The fraction of sp³-hybridized carbons (Fsp3) is 0.636. The molecule has 0 radical (unpaired) electrons. The smallest absolute Gasteiger partial charge is 0.333 e. The summed E-state index contributed by atoms with van der Waals surface area (Å²) in [6.45, 7) is 16.7. The molecule has 1 rings (SSSR count). The van der Waals surface area contributed by atoms with Crippen LogP contribution >= 0.6 is 0 Å². The van der Waals surface area contributed by atoms with E-state index in [9.17, 15) is 9.59 Å². The van der Waals surface area contributed by atoms with Crippen LogP contribution in [0.5, 0.6) is 0 Å². The standard InChI is InChI=1S/C22H36N2O4/c1-7-12-24(13-8-2)21-19(23-16(6)25)14-17(22(26)27-11-5)15-20(21)28-18(9-3)10-4/h7-8,15,18-21H,1-2,9-14H2,3-6H3,(H,23,25)/t19-,20+,21+/m0/s1. The van der Waals surface area contributed by atoms with Crippen molar-refractivity contribution in [2.45, 2.75) is 71.2 Å². The second-order valence-electron chi connectivity index (χ2n) is 6.98. The Morgan fingerprint density at radius 3 is 2.32 bits per heavy atom. The van der Waals surface area contributed by atoms with Gasteiger partial charge in [-0.1, -0.05) is 26.0 Å². The lowest BCUT2D eigenvalue weighted by Crippen LogP contribution is -2.59. The molecule has 28 heavy (non-hydrogen) atoms. The lowest BCUT2D eigenvalue weighted by Gasteiger charge is -2.43. The van der Waals surface area contributed by atoms with Crippen molar-refractivity contribution in [3.05, 3.63) is 37.0 Å². The maximum atomic E-state index is 12.4. The molecular weight excluding hydrogens is 356 g/mol. The largest absolute Gasteiger partial charge is 0.463 e. The molecule has 1 aliphatic carbocycles. The summed E-state index contributed by atoms with van der Waals surface area (Å²) in [6, 6.07) is -0.417. The molecule has 0 bridgehead atoms. The second kappa shape index (κ2) is 12.5. The van der Waals surface area contributed by atoms with E-state index in [-0.39, 0.29) is 36.2 Å². The highest BCUT2D eigenvalue weighted by molar-refractivity contribution is 5.89. The first-order valence-corrected chi connectivity index (χ1v) is 10.2. The minimum Gasteiger partial charge on any atom is -0.463 e. The van der Waals surface area contributed by atoms with Crippen molar-refractivity contribution in [1.29, 1.82) is 0 Å². The Hall–Kier alpha value is -1.92. The highest BCUT2D eigenvalue weighted by Crippen LogP contribution is 2.28. The summed E-state index contributed by atoms with van der Waals surface area (Å²) in [5, 5.41) is 3.02. The number of ether oxygens (including phenoxy) is 2. The number of hydrogen-bond acceptors (Lipinski definition) is 5. The number of carbonyl (C=O) groups is 2. The number of rotatable bonds is 12. The lowest BCUT2D eigenvalue weighted by atomic mass is 9.86. The summed E-state index contributed by atoms with van der Waals surface area (Å²) in [6.07, 6.45) is 7.38. The minimum absolute atomic E-state index is 0.0672. The molecule has 0 saturated heterocycles. The van der Waals surface area contributed by atoms with Crippen LogP contribution in [-0.4, -0.2) is 60.8 Å². The van der Waals surface area contributed by atoms with Gasteiger partial charge in [-0.2, -0.15) is 0 Å². The maximum Gasteiger partial charge on any atom is 0.333 e. The molecule has 0 aromatic carbocycles. The van der Waals surface area contributed by atoms with Gasteiger partial charge in [0.05, 0.1) is 30.9 Å². The molecule has 1 N–H and O–H groups in total. The zero-order chi connectivity index (χ0) is 21.1. The van der Waals surface area contributed by atoms with Gasteiger partial charge in [-0.15, -0.1) is 13.2 Å². The van der Waals surface area contributed by atoms with E-state index in [0.717, 1.165) is 12.8 Å². The van der Waals surface area contributed by atoms with Crippen molar-refractivity contribution in [2.24, 2.45) is 0 Å². The summed E-state index contributed by atoms with van der Waals surface area (Å²) in [5.74, 6) is -0.494. The number of nitrogens with zero attached hydrogens (tertiary/aromatic N) is 1. The van der Waals surface area contributed by atoms with Crippen molar-refractivity contribution < 1.29 is 19.1 Å². The number of esters is 1. The van der Waals surface area contributed by atoms with Crippen molar-refractivity contribution in [3.63, 3.8) is 0 Å². The molecule has 0 heterocycles. The monoisotopic (exact) mass is 392 g/mol. The predicted molar refractivity (Wildman–Crippen MR) is 112 cm³/mol. The van der Waals surface area contributed by atoms with E-state index >= 15 is 0 Å². The van der Waals surface area contributed by atoms with Crippen LogP contribution in [0.2, 0.25) is 0 Å². The highest BCUT2D eigenvalue weighted by atomic mass is 16.5.